The number of benzene rings is 1. The molecule has 1 aromatic carbocycles. The summed E-state index contributed by atoms with van der Waals surface area (Å²) < 4.78 is 26.5. The molecule has 1 heterocycles. The van der Waals surface area contributed by atoms with Crippen LogP contribution in [0.5, 0.6) is 0 Å². The Kier molecular flexibility index (Phi) is 4.47. The van der Waals surface area contributed by atoms with Crippen molar-refractivity contribution in [3.8, 4) is 0 Å². The number of nitrogens with zero attached hydrogens (tertiary/aromatic N) is 1. The van der Waals surface area contributed by atoms with E-state index in [4.69, 9.17) is 0 Å². The molecule has 104 valence electrons. The Bertz CT molecular complexity index is 459. The zero-order valence-corrected chi connectivity index (χ0v) is 11.0. The highest BCUT2D eigenvalue weighted by atomic mass is 19.1. The van der Waals surface area contributed by atoms with Gasteiger partial charge in [0.25, 0.3) is 0 Å². The van der Waals surface area contributed by atoms with Gasteiger partial charge in [-0.15, -0.1) is 0 Å². The van der Waals surface area contributed by atoms with Gasteiger partial charge in [-0.05, 0) is 43.1 Å². The first-order chi connectivity index (χ1) is 9.08. The summed E-state index contributed by atoms with van der Waals surface area (Å²) in [5.41, 5.74) is 0.309. The van der Waals surface area contributed by atoms with Crippen LogP contribution in [0, 0.1) is 17.6 Å². The van der Waals surface area contributed by atoms with E-state index in [1.807, 2.05) is 0 Å². The van der Waals surface area contributed by atoms with Crippen LogP contribution in [-0.2, 0) is 11.2 Å². The molecule has 0 radical (unpaired) electrons. The van der Waals surface area contributed by atoms with E-state index < -0.39 is 11.6 Å². The molecule has 1 fully saturated rings. The molecule has 1 atom stereocenters. The van der Waals surface area contributed by atoms with Gasteiger partial charge in [-0.2, -0.15) is 0 Å². The first kappa shape index (κ1) is 13.9. The minimum atomic E-state index is -0.453. The third kappa shape index (κ3) is 3.50. The summed E-state index contributed by atoms with van der Waals surface area (Å²) in [6.07, 6.45) is 1.17. The number of amides is 1. The van der Waals surface area contributed by atoms with Crippen LogP contribution in [0.1, 0.15) is 12.0 Å². The van der Waals surface area contributed by atoms with Gasteiger partial charge < -0.3 is 10.2 Å². The number of carbonyl (C=O) groups excluding carboxylic acids is 1. The van der Waals surface area contributed by atoms with Gasteiger partial charge >= 0.3 is 0 Å². The summed E-state index contributed by atoms with van der Waals surface area (Å²) >= 11 is 0. The van der Waals surface area contributed by atoms with Crippen LogP contribution in [0.4, 0.5) is 8.78 Å². The lowest BCUT2D eigenvalue weighted by Gasteiger charge is -2.20. The quantitative estimate of drug-likeness (QED) is 0.899. The molecule has 5 heteroatoms. The van der Waals surface area contributed by atoms with Crippen LogP contribution in [0.25, 0.3) is 0 Å². The Morgan fingerprint density at radius 3 is 2.95 bits per heavy atom. The third-order valence-electron chi connectivity index (χ3n) is 3.51. The molecule has 1 unspecified atom stereocenters. The highest BCUT2D eigenvalue weighted by molar-refractivity contribution is 5.79. The third-order valence-corrected chi connectivity index (χ3v) is 3.51. The molecule has 1 aromatic rings. The molecule has 0 spiro atoms. The molecule has 0 aromatic heterocycles. The molecular formula is C14H18F2N2O. The van der Waals surface area contributed by atoms with Gasteiger partial charge in [0.05, 0.1) is 5.92 Å². The van der Waals surface area contributed by atoms with Gasteiger partial charge in [-0.3, -0.25) is 4.79 Å². The summed E-state index contributed by atoms with van der Waals surface area (Å²) in [6, 6.07) is 3.40. The summed E-state index contributed by atoms with van der Waals surface area (Å²) in [4.78, 5) is 13.6. The van der Waals surface area contributed by atoms with E-state index in [2.05, 4.69) is 5.32 Å². The van der Waals surface area contributed by atoms with Crippen molar-refractivity contribution in [2.75, 3.05) is 26.7 Å². The van der Waals surface area contributed by atoms with Crippen molar-refractivity contribution in [1.29, 1.82) is 0 Å². The van der Waals surface area contributed by atoms with E-state index >= 15 is 0 Å². The minimum Gasteiger partial charge on any atom is -0.345 e. The highest BCUT2D eigenvalue weighted by Gasteiger charge is 2.25. The van der Waals surface area contributed by atoms with Gasteiger partial charge in [0.2, 0.25) is 5.91 Å². The number of likely N-dealkylation sites (N-methyl/N-ethyl adjacent to an activating group) is 1. The largest absolute Gasteiger partial charge is 0.345 e. The second-order valence-corrected chi connectivity index (χ2v) is 4.94. The number of halogens is 2. The average molecular weight is 268 g/mol. The fourth-order valence-corrected chi connectivity index (χ4v) is 2.31. The second-order valence-electron chi connectivity index (χ2n) is 4.94. The van der Waals surface area contributed by atoms with Crippen molar-refractivity contribution in [3.05, 3.63) is 35.4 Å². The topological polar surface area (TPSA) is 32.3 Å². The van der Waals surface area contributed by atoms with Crippen LogP contribution in [0.2, 0.25) is 0 Å². The molecule has 1 aliphatic rings. The highest BCUT2D eigenvalue weighted by Crippen LogP contribution is 2.13. The molecule has 1 N–H and O–H groups in total. The van der Waals surface area contributed by atoms with E-state index in [1.165, 1.54) is 6.07 Å². The van der Waals surface area contributed by atoms with E-state index in [1.54, 1.807) is 11.9 Å². The Labute approximate surface area is 111 Å². The first-order valence-corrected chi connectivity index (χ1v) is 6.47. The average Bonchev–Trinajstić information content (AvgIpc) is 2.92. The molecule has 3 nitrogen and oxygen atoms in total. The standard InChI is InChI=1S/C14H18F2N2O/c1-18(14(19)11-4-6-17-9-11)7-5-10-8-12(15)2-3-13(10)16/h2-3,8,11,17H,4-7,9H2,1H3. The Hall–Kier alpha value is -1.49. The lowest BCUT2D eigenvalue weighted by atomic mass is 10.1. The number of rotatable bonds is 4. The Morgan fingerprint density at radius 1 is 1.47 bits per heavy atom. The molecule has 2 rings (SSSR count). The number of hydrogen-bond donors (Lipinski definition) is 1. The van der Waals surface area contributed by atoms with E-state index in [0.717, 1.165) is 25.1 Å². The maximum absolute atomic E-state index is 13.4. The summed E-state index contributed by atoms with van der Waals surface area (Å²) in [5, 5.41) is 3.14. The number of nitrogens with one attached hydrogen (secondary N) is 1. The lowest BCUT2D eigenvalue weighted by molar-refractivity contribution is -0.133. The predicted molar refractivity (Wildman–Crippen MR) is 68.7 cm³/mol. The van der Waals surface area contributed by atoms with E-state index in [9.17, 15) is 13.6 Å². The van der Waals surface area contributed by atoms with Crippen molar-refractivity contribution >= 4 is 5.91 Å². The fraction of sp³-hybridized carbons (Fsp3) is 0.500. The van der Waals surface area contributed by atoms with Crippen molar-refractivity contribution in [2.45, 2.75) is 12.8 Å². The first-order valence-electron chi connectivity index (χ1n) is 6.47. The van der Waals surface area contributed by atoms with E-state index in [-0.39, 0.29) is 11.8 Å². The fourth-order valence-electron chi connectivity index (χ4n) is 2.31. The van der Waals surface area contributed by atoms with Crippen molar-refractivity contribution < 1.29 is 13.6 Å². The molecule has 1 saturated heterocycles. The van der Waals surface area contributed by atoms with Gasteiger partial charge in [0.1, 0.15) is 11.6 Å². The summed E-state index contributed by atoms with van der Waals surface area (Å²) in [6.45, 7) is 1.97. The maximum Gasteiger partial charge on any atom is 0.226 e. The van der Waals surface area contributed by atoms with Crippen LogP contribution < -0.4 is 5.32 Å². The molecule has 19 heavy (non-hydrogen) atoms. The lowest BCUT2D eigenvalue weighted by Crippen LogP contribution is -2.35. The monoisotopic (exact) mass is 268 g/mol. The van der Waals surface area contributed by atoms with Gasteiger partial charge in [-0.1, -0.05) is 0 Å². The zero-order valence-electron chi connectivity index (χ0n) is 11.0. The zero-order chi connectivity index (χ0) is 13.8. The predicted octanol–water partition coefficient (Wildman–Crippen LogP) is 1.58. The van der Waals surface area contributed by atoms with Crippen molar-refractivity contribution in [3.63, 3.8) is 0 Å². The molecule has 0 aliphatic carbocycles. The normalized spacial score (nSPS) is 18.6. The molecular weight excluding hydrogens is 250 g/mol. The molecule has 0 saturated carbocycles. The van der Waals surface area contributed by atoms with Gasteiger partial charge in [-0.25, -0.2) is 8.78 Å². The molecule has 1 amide bonds. The SMILES string of the molecule is CN(CCc1cc(F)ccc1F)C(=O)C1CCNC1. The van der Waals surface area contributed by atoms with Crippen molar-refractivity contribution in [2.24, 2.45) is 5.92 Å². The van der Waals surface area contributed by atoms with Crippen LogP contribution in [-0.4, -0.2) is 37.5 Å². The Balaban J connectivity index is 1.90. The minimum absolute atomic E-state index is 0.0161. The molecule has 0 bridgehead atoms. The van der Waals surface area contributed by atoms with Crippen LogP contribution in [0.3, 0.4) is 0 Å². The molecule has 1 aliphatic heterocycles. The maximum atomic E-state index is 13.4. The van der Waals surface area contributed by atoms with Crippen LogP contribution >= 0.6 is 0 Å². The number of carbonyl (C=O) groups is 1. The van der Waals surface area contributed by atoms with Crippen molar-refractivity contribution in [1.82, 2.24) is 10.2 Å². The summed E-state index contributed by atoms with van der Waals surface area (Å²) in [7, 11) is 1.71. The van der Waals surface area contributed by atoms with Gasteiger partial charge in [0.15, 0.2) is 0 Å². The number of hydrogen-bond acceptors (Lipinski definition) is 2. The second kappa shape index (κ2) is 6.10. The Morgan fingerprint density at radius 2 is 2.26 bits per heavy atom. The smallest absolute Gasteiger partial charge is 0.226 e. The van der Waals surface area contributed by atoms with Gasteiger partial charge in [0, 0.05) is 20.1 Å². The van der Waals surface area contributed by atoms with Crippen LogP contribution in [0.15, 0.2) is 18.2 Å². The summed E-state index contributed by atoms with van der Waals surface area (Å²) in [5.74, 6) is -0.792. The van der Waals surface area contributed by atoms with E-state index in [0.29, 0.717) is 25.1 Å².